The summed E-state index contributed by atoms with van der Waals surface area (Å²) < 4.78 is 6.34. The second kappa shape index (κ2) is 7.85. The molecule has 4 heteroatoms. The lowest BCUT2D eigenvalue weighted by Crippen LogP contribution is -2.56. The fraction of sp³-hybridized carbons (Fsp3) is 0.548. The molecule has 3 heterocycles. The normalized spacial score (nSPS) is 33.2. The third-order valence-electron chi connectivity index (χ3n) is 9.93. The molecule has 3 atom stereocenters. The van der Waals surface area contributed by atoms with Gasteiger partial charge in [0.1, 0.15) is 11.9 Å². The van der Waals surface area contributed by atoms with Crippen LogP contribution in [-0.4, -0.2) is 52.1 Å². The lowest BCUT2D eigenvalue weighted by molar-refractivity contribution is -0.0356. The molecular formula is C31H37N3O. The Kier molecular flexibility index (Phi) is 4.68. The van der Waals surface area contributed by atoms with Crippen LogP contribution in [0.4, 0.5) is 0 Å². The molecule has 0 amide bonds. The van der Waals surface area contributed by atoms with Crippen LogP contribution in [0.3, 0.4) is 0 Å². The zero-order chi connectivity index (χ0) is 23.1. The van der Waals surface area contributed by atoms with E-state index in [0.717, 1.165) is 43.1 Å². The molecule has 1 aromatic heterocycles. The van der Waals surface area contributed by atoms with Crippen molar-refractivity contribution in [3.8, 4) is 5.75 Å². The molecular weight excluding hydrogens is 430 g/mol. The van der Waals surface area contributed by atoms with Gasteiger partial charge in [-0.25, -0.2) is 0 Å². The zero-order valence-corrected chi connectivity index (χ0v) is 20.8. The number of nitrogens with zero attached hydrogens (tertiary/aromatic N) is 2. The lowest BCUT2D eigenvalue weighted by atomic mass is 9.61. The Balaban J connectivity index is 1.13. The van der Waals surface area contributed by atoms with Crippen molar-refractivity contribution in [2.24, 2.45) is 11.8 Å². The molecule has 0 spiro atoms. The Morgan fingerprint density at radius 2 is 1.71 bits per heavy atom. The number of likely N-dealkylation sites (tertiary alicyclic amines) is 1. The minimum absolute atomic E-state index is 0.298. The number of ether oxygens (including phenoxy) is 1. The third-order valence-corrected chi connectivity index (χ3v) is 9.93. The summed E-state index contributed by atoms with van der Waals surface area (Å²) in [5, 5.41) is 1.41. The van der Waals surface area contributed by atoms with Gasteiger partial charge in [0.15, 0.2) is 0 Å². The van der Waals surface area contributed by atoms with Gasteiger partial charge in [-0.2, -0.15) is 0 Å². The molecule has 2 aliphatic heterocycles. The Morgan fingerprint density at radius 1 is 0.914 bits per heavy atom. The van der Waals surface area contributed by atoms with Crippen LogP contribution in [0.15, 0.2) is 48.5 Å². The smallest absolute Gasteiger partial charge is 0.124 e. The van der Waals surface area contributed by atoms with Crippen molar-refractivity contribution >= 4 is 10.9 Å². The number of rotatable bonds is 5. The zero-order valence-electron chi connectivity index (χ0n) is 20.8. The van der Waals surface area contributed by atoms with Crippen LogP contribution < -0.4 is 4.74 Å². The number of fused-ring (bicyclic) bond motifs is 5. The van der Waals surface area contributed by atoms with Gasteiger partial charge >= 0.3 is 0 Å². The maximum Gasteiger partial charge on any atom is 0.124 e. The average molecular weight is 468 g/mol. The van der Waals surface area contributed by atoms with Crippen LogP contribution in [0.2, 0.25) is 0 Å². The molecule has 182 valence electrons. The molecule has 2 aromatic carbocycles. The van der Waals surface area contributed by atoms with Gasteiger partial charge in [0, 0.05) is 47.8 Å². The van der Waals surface area contributed by atoms with E-state index < -0.39 is 0 Å². The molecule has 1 saturated heterocycles. The standard InChI is InChI=1S/C31H37N3O/c1-19-14-27-26-4-2-3-5-28(26)32-30(27)31(34(19)29-13-6-20-15-22(29)16-20)21-7-11-24(12-8-21)35-25-17-33(18-25)23-9-10-23/h2-5,7-8,11-12,19-20,22-23,25,29,31-32H,6,9-10,13-18H2,1H3/t19-,20?,22?,29-,31-/m1/s1. The van der Waals surface area contributed by atoms with Crippen molar-refractivity contribution in [2.45, 2.75) is 82.1 Å². The summed E-state index contributed by atoms with van der Waals surface area (Å²) in [6, 6.07) is 20.5. The van der Waals surface area contributed by atoms with E-state index in [1.807, 2.05) is 0 Å². The van der Waals surface area contributed by atoms with Crippen LogP contribution in [0.5, 0.6) is 5.75 Å². The van der Waals surface area contributed by atoms with E-state index in [2.05, 4.69) is 70.2 Å². The number of hydrogen-bond donors (Lipinski definition) is 1. The first kappa shape index (κ1) is 20.8. The highest BCUT2D eigenvalue weighted by atomic mass is 16.5. The molecule has 9 rings (SSSR count). The van der Waals surface area contributed by atoms with Crippen LogP contribution in [-0.2, 0) is 6.42 Å². The van der Waals surface area contributed by atoms with Gasteiger partial charge in [0.2, 0.25) is 0 Å². The first-order chi connectivity index (χ1) is 17.2. The summed E-state index contributed by atoms with van der Waals surface area (Å²) >= 11 is 0. The van der Waals surface area contributed by atoms with Crippen molar-refractivity contribution in [3.05, 3.63) is 65.4 Å². The van der Waals surface area contributed by atoms with Crippen molar-refractivity contribution in [2.75, 3.05) is 13.1 Å². The number of para-hydroxylation sites is 1. The Morgan fingerprint density at radius 3 is 2.46 bits per heavy atom. The molecule has 4 saturated carbocycles. The topological polar surface area (TPSA) is 31.5 Å². The number of benzene rings is 2. The van der Waals surface area contributed by atoms with Gasteiger partial charge in [0.25, 0.3) is 0 Å². The predicted octanol–water partition coefficient (Wildman–Crippen LogP) is 5.92. The number of aromatic amines is 1. The van der Waals surface area contributed by atoms with Gasteiger partial charge < -0.3 is 9.72 Å². The molecule has 1 N–H and O–H groups in total. The first-order valence-corrected chi connectivity index (χ1v) is 14.1. The minimum Gasteiger partial charge on any atom is -0.488 e. The fourth-order valence-electron chi connectivity index (χ4n) is 7.91. The van der Waals surface area contributed by atoms with E-state index >= 15 is 0 Å². The Hall–Kier alpha value is -2.30. The molecule has 0 radical (unpaired) electrons. The van der Waals surface area contributed by atoms with Crippen molar-refractivity contribution in [1.29, 1.82) is 0 Å². The van der Waals surface area contributed by atoms with E-state index in [1.54, 1.807) is 0 Å². The Labute approximate surface area is 208 Å². The average Bonchev–Trinajstić information content (AvgIpc) is 3.61. The summed E-state index contributed by atoms with van der Waals surface area (Å²) in [5.74, 6) is 2.93. The molecule has 3 aromatic rings. The highest BCUT2D eigenvalue weighted by molar-refractivity contribution is 5.85. The maximum atomic E-state index is 6.34. The second-order valence-electron chi connectivity index (χ2n) is 12.2. The van der Waals surface area contributed by atoms with E-state index in [0.29, 0.717) is 24.2 Å². The number of H-pyrrole nitrogens is 1. The molecule has 2 bridgehead atoms. The number of nitrogens with one attached hydrogen (secondary N) is 1. The lowest BCUT2D eigenvalue weighted by Gasteiger charge is -2.55. The number of aromatic nitrogens is 1. The molecule has 4 aliphatic carbocycles. The summed E-state index contributed by atoms with van der Waals surface area (Å²) in [4.78, 5) is 9.38. The van der Waals surface area contributed by atoms with Crippen molar-refractivity contribution < 1.29 is 4.74 Å². The van der Waals surface area contributed by atoms with Crippen molar-refractivity contribution in [1.82, 2.24) is 14.8 Å². The molecule has 6 aliphatic rings. The molecule has 5 fully saturated rings. The highest BCUT2D eigenvalue weighted by Gasteiger charge is 2.48. The van der Waals surface area contributed by atoms with Crippen LogP contribution in [0.1, 0.15) is 68.3 Å². The summed E-state index contributed by atoms with van der Waals surface area (Å²) in [6.45, 7) is 4.67. The Bertz CT molecular complexity index is 1230. The summed E-state index contributed by atoms with van der Waals surface area (Å²) in [5.41, 5.74) is 5.66. The van der Waals surface area contributed by atoms with Gasteiger partial charge in [-0.1, -0.05) is 30.3 Å². The van der Waals surface area contributed by atoms with Crippen LogP contribution >= 0.6 is 0 Å². The summed E-state index contributed by atoms with van der Waals surface area (Å²) in [7, 11) is 0. The summed E-state index contributed by atoms with van der Waals surface area (Å²) in [6.07, 6.45) is 9.96. The minimum atomic E-state index is 0.298. The fourth-order valence-corrected chi connectivity index (χ4v) is 7.91. The third kappa shape index (κ3) is 3.40. The van der Waals surface area contributed by atoms with Gasteiger partial charge in [-0.05, 0) is 93.0 Å². The highest BCUT2D eigenvalue weighted by Crippen LogP contribution is 2.52. The van der Waals surface area contributed by atoms with E-state index in [4.69, 9.17) is 4.74 Å². The van der Waals surface area contributed by atoms with Crippen LogP contribution in [0, 0.1) is 11.8 Å². The maximum absolute atomic E-state index is 6.34. The monoisotopic (exact) mass is 467 g/mol. The van der Waals surface area contributed by atoms with Crippen LogP contribution in [0.25, 0.3) is 10.9 Å². The van der Waals surface area contributed by atoms with Gasteiger partial charge in [0.05, 0.1) is 6.04 Å². The van der Waals surface area contributed by atoms with Gasteiger partial charge in [-0.15, -0.1) is 0 Å². The number of hydrogen-bond acceptors (Lipinski definition) is 3. The first-order valence-electron chi connectivity index (χ1n) is 14.1. The molecule has 0 unspecified atom stereocenters. The van der Waals surface area contributed by atoms with E-state index in [9.17, 15) is 0 Å². The van der Waals surface area contributed by atoms with Gasteiger partial charge in [-0.3, -0.25) is 9.80 Å². The van der Waals surface area contributed by atoms with E-state index in [1.165, 1.54) is 66.2 Å². The predicted molar refractivity (Wildman–Crippen MR) is 140 cm³/mol. The van der Waals surface area contributed by atoms with Crippen molar-refractivity contribution in [3.63, 3.8) is 0 Å². The second-order valence-corrected chi connectivity index (χ2v) is 12.2. The largest absolute Gasteiger partial charge is 0.488 e. The van der Waals surface area contributed by atoms with E-state index in [-0.39, 0.29) is 0 Å². The molecule has 4 nitrogen and oxygen atoms in total. The molecule has 35 heavy (non-hydrogen) atoms. The SMILES string of the molecule is C[C@@H]1Cc2c([nH]c3ccccc23)[C@@H](c2ccc(OC3CN(C4CC4)C3)cc2)N1[C@@H]1CCC2CC1C2. The quantitative estimate of drug-likeness (QED) is 0.506.